The summed E-state index contributed by atoms with van der Waals surface area (Å²) in [5.74, 6) is 1.68. The van der Waals surface area contributed by atoms with Gasteiger partial charge in [0.1, 0.15) is 11.5 Å². The fraction of sp³-hybridized carbons (Fsp3) is 0.233. The predicted molar refractivity (Wildman–Crippen MR) is 154 cm³/mol. The minimum atomic E-state index is -0.774. The summed E-state index contributed by atoms with van der Waals surface area (Å²) >= 11 is 7.23. The number of carbonyl (C=O) groups excluding carboxylic acids is 1. The highest BCUT2D eigenvalue weighted by Crippen LogP contribution is 2.36. The van der Waals surface area contributed by atoms with E-state index < -0.39 is 12.0 Å². The van der Waals surface area contributed by atoms with Gasteiger partial charge in [0.15, 0.2) is 16.3 Å². The number of thiazole rings is 1. The Balaban J connectivity index is 1.65. The zero-order valence-electron chi connectivity index (χ0n) is 22.4. The van der Waals surface area contributed by atoms with Gasteiger partial charge in [-0.05, 0) is 74.9 Å². The van der Waals surface area contributed by atoms with Gasteiger partial charge in [-0.15, -0.1) is 0 Å². The lowest BCUT2D eigenvalue weighted by Gasteiger charge is -2.25. The second kappa shape index (κ2) is 11.6. The molecule has 1 aliphatic heterocycles. The van der Waals surface area contributed by atoms with E-state index in [0.29, 0.717) is 55.2 Å². The predicted octanol–water partition coefficient (Wildman–Crippen LogP) is 5.12. The SMILES string of the molecule is CCOC(=O)C1=C(C)N=c2sc(=Cc3ccc(-c4ccc(Cl)cc4)o3)c(=O)n2[C@H]1c1ccc(OC)c(OCC)c1. The zero-order valence-corrected chi connectivity index (χ0v) is 24.0. The van der Waals surface area contributed by atoms with Crippen molar-refractivity contribution < 1.29 is 23.4 Å². The molecule has 1 aliphatic rings. The Kier molecular flexibility index (Phi) is 7.95. The van der Waals surface area contributed by atoms with Gasteiger partial charge in [0.2, 0.25) is 0 Å². The Morgan fingerprint density at radius 1 is 1.10 bits per heavy atom. The molecule has 0 radical (unpaired) electrons. The maximum atomic E-state index is 13.9. The molecule has 0 fully saturated rings. The molecule has 4 aromatic rings. The summed E-state index contributed by atoms with van der Waals surface area (Å²) in [5.41, 5.74) is 1.99. The number of halogens is 1. The lowest BCUT2D eigenvalue weighted by Crippen LogP contribution is -2.39. The molecule has 0 spiro atoms. The summed E-state index contributed by atoms with van der Waals surface area (Å²) in [6, 6.07) is 15.5. The van der Waals surface area contributed by atoms with Crippen LogP contribution in [0.1, 0.15) is 38.1 Å². The van der Waals surface area contributed by atoms with Crippen LogP contribution in [0.2, 0.25) is 5.02 Å². The Hall–Kier alpha value is -4.08. The average molecular weight is 579 g/mol. The van der Waals surface area contributed by atoms with Crippen molar-refractivity contribution in [1.82, 2.24) is 4.57 Å². The molecule has 0 aliphatic carbocycles. The second-order valence-corrected chi connectivity index (χ2v) is 10.3. The van der Waals surface area contributed by atoms with Crippen LogP contribution in [0.4, 0.5) is 0 Å². The van der Waals surface area contributed by atoms with E-state index in [2.05, 4.69) is 4.99 Å². The van der Waals surface area contributed by atoms with Crippen LogP contribution in [-0.2, 0) is 9.53 Å². The van der Waals surface area contributed by atoms with Gasteiger partial charge in [0.25, 0.3) is 5.56 Å². The maximum Gasteiger partial charge on any atom is 0.338 e. The molecular formula is C30H27ClN2O6S. The van der Waals surface area contributed by atoms with Crippen LogP contribution in [0.15, 0.2) is 80.1 Å². The molecule has 2 aromatic carbocycles. The van der Waals surface area contributed by atoms with Crippen LogP contribution in [0.5, 0.6) is 11.5 Å². The third-order valence-electron chi connectivity index (χ3n) is 6.35. The van der Waals surface area contributed by atoms with Gasteiger partial charge in [-0.2, -0.15) is 0 Å². The first-order valence-electron chi connectivity index (χ1n) is 12.7. The summed E-state index contributed by atoms with van der Waals surface area (Å²) in [5, 5.41) is 0.633. The quantitative estimate of drug-likeness (QED) is 0.270. The number of rotatable bonds is 8. The van der Waals surface area contributed by atoms with Gasteiger partial charge < -0.3 is 18.6 Å². The highest BCUT2D eigenvalue weighted by atomic mass is 35.5. The fourth-order valence-electron chi connectivity index (χ4n) is 4.57. The third kappa shape index (κ3) is 5.22. The highest BCUT2D eigenvalue weighted by Gasteiger charge is 2.34. The van der Waals surface area contributed by atoms with Crippen LogP contribution in [0.25, 0.3) is 17.4 Å². The number of esters is 1. The van der Waals surface area contributed by atoms with Gasteiger partial charge in [0, 0.05) is 16.7 Å². The van der Waals surface area contributed by atoms with Crippen molar-refractivity contribution in [3.63, 3.8) is 0 Å². The molecule has 2 aromatic heterocycles. The van der Waals surface area contributed by atoms with Crippen molar-refractivity contribution in [2.75, 3.05) is 20.3 Å². The first kappa shape index (κ1) is 27.5. The van der Waals surface area contributed by atoms with Crippen LogP contribution in [0.3, 0.4) is 0 Å². The Bertz CT molecular complexity index is 1780. The molecule has 0 amide bonds. The fourth-order valence-corrected chi connectivity index (χ4v) is 5.72. The average Bonchev–Trinajstić information content (AvgIpc) is 3.53. The summed E-state index contributed by atoms with van der Waals surface area (Å²) in [7, 11) is 1.56. The lowest BCUT2D eigenvalue weighted by molar-refractivity contribution is -0.139. The third-order valence-corrected chi connectivity index (χ3v) is 7.58. The monoisotopic (exact) mass is 578 g/mol. The van der Waals surface area contributed by atoms with E-state index in [1.54, 1.807) is 57.4 Å². The molecule has 8 nitrogen and oxygen atoms in total. The topological polar surface area (TPSA) is 92.3 Å². The lowest BCUT2D eigenvalue weighted by atomic mass is 9.95. The number of nitrogens with zero attached hydrogens (tertiary/aromatic N) is 2. The molecule has 40 heavy (non-hydrogen) atoms. The molecule has 0 N–H and O–H groups in total. The minimum absolute atomic E-state index is 0.189. The Morgan fingerprint density at radius 3 is 2.58 bits per heavy atom. The van der Waals surface area contributed by atoms with E-state index in [9.17, 15) is 9.59 Å². The normalized spacial score (nSPS) is 15.0. The van der Waals surface area contributed by atoms with Crippen LogP contribution >= 0.6 is 22.9 Å². The number of allylic oxidation sites excluding steroid dienone is 1. The molecule has 0 saturated carbocycles. The number of aromatic nitrogens is 1. The molecule has 0 saturated heterocycles. The highest BCUT2D eigenvalue weighted by molar-refractivity contribution is 7.07. The first-order chi connectivity index (χ1) is 19.3. The number of benzene rings is 2. The Morgan fingerprint density at radius 2 is 1.88 bits per heavy atom. The van der Waals surface area contributed by atoms with Crippen molar-refractivity contribution in [1.29, 1.82) is 0 Å². The van der Waals surface area contributed by atoms with Crippen molar-refractivity contribution in [3.05, 3.63) is 102 Å². The number of carbonyl (C=O) groups is 1. The van der Waals surface area contributed by atoms with Crippen LogP contribution in [0, 0.1) is 0 Å². The molecule has 1 atom stereocenters. The van der Waals surface area contributed by atoms with Gasteiger partial charge in [0.05, 0.1) is 42.2 Å². The maximum absolute atomic E-state index is 13.9. The van der Waals surface area contributed by atoms with E-state index in [0.717, 1.165) is 5.56 Å². The summed E-state index contributed by atoms with van der Waals surface area (Å²) in [6.45, 7) is 5.96. The van der Waals surface area contributed by atoms with E-state index in [-0.39, 0.29) is 17.7 Å². The number of fused-ring (bicyclic) bond motifs is 1. The standard InChI is InChI=1S/C30H27ClN2O6S/c1-5-37-24-15-19(9-13-23(24)36-4)27-26(29(35)38-6-2)17(3)32-30-33(27)28(34)25(40-30)16-21-12-14-22(39-21)18-7-10-20(31)11-8-18/h7-16,27H,5-6H2,1-4H3/t27-/m0/s1. The summed E-state index contributed by atoms with van der Waals surface area (Å²) in [4.78, 5) is 32.1. The smallest absolute Gasteiger partial charge is 0.338 e. The molecule has 3 heterocycles. The van der Waals surface area contributed by atoms with Gasteiger partial charge in [-0.25, -0.2) is 9.79 Å². The van der Waals surface area contributed by atoms with E-state index in [4.69, 9.17) is 30.2 Å². The van der Waals surface area contributed by atoms with Crippen LogP contribution in [-0.4, -0.2) is 30.9 Å². The van der Waals surface area contributed by atoms with Gasteiger partial charge in [-0.1, -0.05) is 29.0 Å². The number of hydrogen-bond donors (Lipinski definition) is 0. The number of methoxy groups -OCH3 is 1. The molecule has 10 heteroatoms. The van der Waals surface area contributed by atoms with E-state index in [1.807, 2.05) is 31.2 Å². The molecular weight excluding hydrogens is 552 g/mol. The Labute approximate surface area is 239 Å². The van der Waals surface area contributed by atoms with E-state index in [1.165, 1.54) is 15.9 Å². The van der Waals surface area contributed by atoms with Crippen molar-refractivity contribution in [2.24, 2.45) is 4.99 Å². The molecule has 5 rings (SSSR count). The molecule has 206 valence electrons. The van der Waals surface area contributed by atoms with Crippen molar-refractivity contribution >= 4 is 35.0 Å². The van der Waals surface area contributed by atoms with Crippen LogP contribution < -0.4 is 24.4 Å². The largest absolute Gasteiger partial charge is 0.493 e. The van der Waals surface area contributed by atoms with Gasteiger partial charge >= 0.3 is 5.97 Å². The number of ether oxygens (including phenoxy) is 3. The zero-order chi connectivity index (χ0) is 28.4. The number of furan rings is 1. The van der Waals surface area contributed by atoms with E-state index >= 15 is 0 Å². The number of hydrogen-bond acceptors (Lipinski definition) is 8. The second-order valence-electron chi connectivity index (χ2n) is 8.85. The van der Waals surface area contributed by atoms with Gasteiger partial charge in [-0.3, -0.25) is 9.36 Å². The molecule has 0 unspecified atom stereocenters. The molecule has 0 bridgehead atoms. The van der Waals surface area contributed by atoms with Crippen molar-refractivity contribution in [2.45, 2.75) is 26.8 Å². The van der Waals surface area contributed by atoms with Crippen molar-refractivity contribution in [3.8, 4) is 22.8 Å². The first-order valence-corrected chi connectivity index (χ1v) is 13.9. The summed E-state index contributed by atoms with van der Waals surface area (Å²) in [6.07, 6.45) is 1.68. The summed E-state index contributed by atoms with van der Waals surface area (Å²) < 4.78 is 24.6. The minimum Gasteiger partial charge on any atom is -0.493 e.